The summed E-state index contributed by atoms with van der Waals surface area (Å²) >= 11 is 0. The van der Waals surface area contributed by atoms with Crippen LogP contribution in [-0.2, 0) is 9.53 Å². The van der Waals surface area contributed by atoms with Crippen molar-refractivity contribution in [2.45, 2.75) is 51.9 Å². The fourth-order valence-electron chi connectivity index (χ4n) is 2.03. The fraction of sp³-hybridized carbons (Fsp3) is 0.588. The lowest BCUT2D eigenvalue weighted by Crippen LogP contribution is -2.12. The van der Waals surface area contributed by atoms with Crippen LogP contribution >= 0.6 is 0 Å². The van der Waals surface area contributed by atoms with E-state index in [9.17, 15) is 4.79 Å². The van der Waals surface area contributed by atoms with Crippen molar-refractivity contribution in [3.8, 4) is 0 Å². The summed E-state index contributed by atoms with van der Waals surface area (Å²) in [6.07, 6.45) is 7.48. The van der Waals surface area contributed by atoms with Gasteiger partial charge in [-0.3, -0.25) is 4.79 Å². The Hall–Kier alpha value is -1.55. The third kappa shape index (κ3) is 9.08. The number of hydrogen-bond donors (Lipinski definition) is 2. The third-order valence-electron chi connectivity index (χ3n) is 3.28. The predicted molar refractivity (Wildman–Crippen MR) is 88.3 cm³/mol. The van der Waals surface area contributed by atoms with Crippen LogP contribution in [0.15, 0.2) is 24.3 Å². The quantitative estimate of drug-likeness (QED) is 0.479. The zero-order valence-electron chi connectivity index (χ0n) is 13.1. The van der Waals surface area contributed by atoms with Crippen LogP contribution in [-0.4, -0.2) is 19.1 Å². The number of nitrogen functional groups attached to an aromatic ring is 1. The summed E-state index contributed by atoms with van der Waals surface area (Å²) in [6, 6.07) is 7.16. The first-order valence-electron chi connectivity index (χ1n) is 7.95. The SMILES string of the molecule is CCCCCCCOCCCC(=O)Nc1ccc(N)cc1. The van der Waals surface area contributed by atoms with Crippen molar-refractivity contribution in [3.63, 3.8) is 0 Å². The van der Waals surface area contributed by atoms with Crippen LogP contribution in [0.1, 0.15) is 51.9 Å². The van der Waals surface area contributed by atoms with Gasteiger partial charge in [0.15, 0.2) is 0 Å². The summed E-state index contributed by atoms with van der Waals surface area (Å²) in [6.45, 7) is 3.68. The highest BCUT2D eigenvalue weighted by Gasteiger charge is 2.02. The number of carbonyl (C=O) groups is 1. The topological polar surface area (TPSA) is 64.3 Å². The normalized spacial score (nSPS) is 10.5. The zero-order valence-corrected chi connectivity index (χ0v) is 13.1. The molecule has 0 heterocycles. The summed E-state index contributed by atoms with van der Waals surface area (Å²) in [7, 11) is 0. The molecule has 1 rings (SSSR count). The predicted octanol–water partition coefficient (Wildman–Crippen LogP) is 3.97. The third-order valence-corrected chi connectivity index (χ3v) is 3.28. The zero-order chi connectivity index (χ0) is 15.3. The van der Waals surface area contributed by atoms with Crippen LogP contribution < -0.4 is 11.1 Å². The molecule has 0 atom stereocenters. The minimum absolute atomic E-state index is 0.0197. The van der Waals surface area contributed by atoms with Crippen LogP contribution in [0.5, 0.6) is 0 Å². The number of amides is 1. The Bertz CT molecular complexity index is 390. The molecule has 4 nitrogen and oxygen atoms in total. The van der Waals surface area contributed by atoms with E-state index in [1.807, 2.05) is 0 Å². The molecule has 0 radical (unpaired) electrons. The molecule has 1 aromatic carbocycles. The summed E-state index contributed by atoms with van der Waals surface area (Å²) in [5, 5.41) is 2.84. The van der Waals surface area contributed by atoms with Gasteiger partial charge in [-0.15, -0.1) is 0 Å². The Morgan fingerprint density at radius 1 is 1.05 bits per heavy atom. The minimum Gasteiger partial charge on any atom is -0.399 e. The van der Waals surface area contributed by atoms with Crippen molar-refractivity contribution in [1.29, 1.82) is 0 Å². The van der Waals surface area contributed by atoms with Crippen LogP contribution in [0.4, 0.5) is 11.4 Å². The second kappa shape index (κ2) is 11.1. The monoisotopic (exact) mass is 292 g/mol. The van der Waals surface area contributed by atoms with Crippen molar-refractivity contribution in [2.24, 2.45) is 0 Å². The smallest absolute Gasteiger partial charge is 0.224 e. The van der Waals surface area contributed by atoms with E-state index in [1.54, 1.807) is 24.3 Å². The number of unbranched alkanes of at least 4 members (excludes halogenated alkanes) is 4. The molecule has 0 unspecified atom stereocenters. The van der Waals surface area contributed by atoms with Gasteiger partial charge in [-0.2, -0.15) is 0 Å². The van der Waals surface area contributed by atoms with Crippen molar-refractivity contribution < 1.29 is 9.53 Å². The standard InChI is InChI=1S/C17H28N2O2/c1-2-3-4-5-6-13-21-14-7-8-17(20)19-16-11-9-15(18)10-12-16/h9-12H,2-8,13-14,18H2,1H3,(H,19,20). The average Bonchev–Trinajstić information content (AvgIpc) is 2.48. The highest BCUT2D eigenvalue weighted by atomic mass is 16.5. The van der Waals surface area contributed by atoms with E-state index in [-0.39, 0.29) is 5.91 Å². The molecule has 0 aliphatic rings. The fourth-order valence-corrected chi connectivity index (χ4v) is 2.03. The maximum absolute atomic E-state index is 11.7. The molecule has 118 valence electrons. The van der Waals surface area contributed by atoms with Gasteiger partial charge in [-0.1, -0.05) is 32.6 Å². The van der Waals surface area contributed by atoms with E-state index in [4.69, 9.17) is 10.5 Å². The van der Waals surface area contributed by atoms with E-state index >= 15 is 0 Å². The second-order valence-electron chi connectivity index (χ2n) is 5.30. The molecule has 0 bridgehead atoms. The van der Waals surface area contributed by atoms with E-state index in [0.717, 1.165) is 25.1 Å². The van der Waals surface area contributed by atoms with Crippen LogP contribution in [0.2, 0.25) is 0 Å². The first-order chi connectivity index (χ1) is 10.2. The van der Waals surface area contributed by atoms with Gasteiger partial charge >= 0.3 is 0 Å². The molecule has 0 fully saturated rings. The molecule has 0 aliphatic carbocycles. The summed E-state index contributed by atoms with van der Waals surface area (Å²) < 4.78 is 5.53. The first-order valence-corrected chi connectivity index (χ1v) is 7.95. The number of rotatable bonds is 11. The Morgan fingerprint density at radius 3 is 2.43 bits per heavy atom. The minimum atomic E-state index is 0.0197. The van der Waals surface area contributed by atoms with Crippen molar-refractivity contribution in [3.05, 3.63) is 24.3 Å². The molecule has 1 aromatic rings. The maximum atomic E-state index is 11.7. The number of nitrogens with one attached hydrogen (secondary N) is 1. The molecule has 4 heteroatoms. The van der Waals surface area contributed by atoms with E-state index < -0.39 is 0 Å². The second-order valence-corrected chi connectivity index (χ2v) is 5.30. The molecule has 0 aliphatic heterocycles. The number of anilines is 2. The number of nitrogens with two attached hydrogens (primary N) is 1. The Kier molecular flexibility index (Phi) is 9.29. The molecule has 0 spiro atoms. The van der Waals surface area contributed by atoms with Gasteiger partial charge in [0.2, 0.25) is 5.91 Å². The van der Waals surface area contributed by atoms with Crippen LogP contribution in [0, 0.1) is 0 Å². The summed E-state index contributed by atoms with van der Waals surface area (Å²) in [5.41, 5.74) is 7.07. The Labute approximate surface area is 128 Å². The van der Waals surface area contributed by atoms with E-state index in [1.165, 1.54) is 25.7 Å². The number of carbonyl (C=O) groups excluding carboxylic acids is 1. The number of ether oxygens (including phenoxy) is 1. The number of benzene rings is 1. The van der Waals surface area contributed by atoms with E-state index in [0.29, 0.717) is 18.7 Å². The molecule has 0 saturated carbocycles. The highest BCUT2D eigenvalue weighted by molar-refractivity contribution is 5.90. The molecular weight excluding hydrogens is 264 g/mol. The van der Waals surface area contributed by atoms with Crippen molar-refractivity contribution in [1.82, 2.24) is 0 Å². The molecular formula is C17H28N2O2. The van der Waals surface area contributed by atoms with Crippen LogP contribution in [0.25, 0.3) is 0 Å². The lowest BCUT2D eigenvalue weighted by atomic mass is 10.2. The van der Waals surface area contributed by atoms with Gasteiger partial charge in [0.1, 0.15) is 0 Å². The Morgan fingerprint density at radius 2 is 1.71 bits per heavy atom. The summed E-state index contributed by atoms with van der Waals surface area (Å²) in [5.74, 6) is 0.0197. The van der Waals surface area contributed by atoms with Crippen LogP contribution in [0.3, 0.4) is 0 Å². The molecule has 21 heavy (non-hydrogen) atoms. The van der Waals surface area contributed by atoms with Gasteiger partial charge in [-0.05, 0) is 37.1 Å². The molecule has 0 saturated heterocycles. The molecule has 1 amide bonds. The summed E-state index contributed by atoms with van der Waals surface area (Å²) in [4.78, 5) is 11.7. The van der Waals surface area contributed by atoms with Gasteiger partial charge in [0.25, 0.3) is 0 Å². The lowest BCUT2D eigenvalue weighted by molar-refractivity contribution is -0.116. The average molecular weight is 292 g/mol. The Balaban J connectivity index is 1.97. The lowest BCUT2D eigenvalue weighted by Gasteiger charge is -2.06. The van der Waals surface area contributed by atoms with Gasteiger partial charge < -0.3 is 15.8 Å². The first kappa shape index (κ1) is 17.5. The van der Waals surface area contributed by atoms with Gasteiger partial charge in [-0.25, -0.2) is 0 Å². The van der Waals surface area contributed by atoms with Gasteiger partial charge in [0, 0.05) is 31.0 Å². The maximum Gasteiger partial charge on any atom is 0.224 e. The molecule has 0 aromatic heterocycles. The largest absolute Gasteiger partial charge is 0.399 e. The highest BCUT2D eigenvalue weighted by Crippen LogP contribution is 2.11. The van der Waals surface area contributed by atoms with Crippen molar-refractivity contribution >= 4 is 17.3 Å². The van der Waals surface area contributed by atoms with E-state index in [2.05, 4.69) is 12.2 Å². The van der Waals surface area contributed by atoms with Crippen molar-refractivity contribution in [2.75, 3.05) is 24.3 Å². The molecule has 3 N–H and O–H groups in total. The van der Waals surface area contributed by atoms with Gasteiger partial charge in [0.05, 0.1) is 0 Å². The number of hydrogen-bond acceptors (Lipinski definition) is 3.